The van der Waals surface area contributed by atoms with E-state index in [0.717, 1.165) is 14.7 Å². The smallest absolute Gasteiger partial charge is 0.242 e. The number of halogens is 2. The van der Waals surface area contributed by atoms with Crippen LogP contribution in [0.25, 0.3) is 0 Å². The van der Waals surface area contributed by atoms with Crippen LogP contribution in [0.2, 0.25) is 19.6 Å². The van der Waals surface area contributed by atoms with E-state index in [2.05, 4.69) is 51.5 Å². The van der Waals surface area contributed by atoms with Crippen LogP contribution >= 0.6 is 31.9 Å². The van der Waals surface area contributed by atoms with Crippen LogP contribution in [-0.2, 0) is 0 Å². The molecule has 0 aromatic heterocycles. The fraction of sp³-hybridized carbons (Fsp3) is 0.333. The van der Waals surface area contributed by atoms with Gasteiger partial charge >= 0.3 is 0 Å². The first-order valence-corrected chi connectivity index (χ1v) is 9.02. The highest BCUT2D eigenvalue weighted by atomic mass is 79.9. The van der Waals surface area contributed by atoms with Crippen LogP contribution in [0.3, 0.4) is 0 Å². The molecule has 0 fully saturated rings. The van der Waals surface area contributed by atoms with Gasteiger partial charge in [-0.15, -0.1) is 0 Å². The van der Waals surface area contributed by atoms with Crippen molar-refractivity contribution in [2.24, 2.45) is 0 Å². The lowest BCUT2D eigenvalue weighted by atomic mass is 10.3. The largest absolute Gasteiger partial charge is 0.544 e. The van der Waals surface area contributed by atoms with Gasteiger partial charge in [-0.25, -0.2) is 0 Å². The minimum Gasteiger partial charge on any atom is -0.544 e. The summed E-state index contributed by atoms with van der Waals surface area (Å²) in [5, 5.41) is 0. The predicted molar refractivity (Wildman–Crippen MR) is 65.8 cm³/mol. The lowest BCUT2D eigenvalue weighted by molar-refractivity contribution is 0.554. The van der Waals surface area contributed by atoms with Crippen LogP contribution in [-0.4, -0.2) is 8.32 Å². The molecule has 0 saturated heterocycles. The maximum atomic E-state index is 5.86. The summed E-state index contributed by atoms with van der Waals surface area (Å²) in [4.78, 5) is 0. The Hall–Kier alpha value is 0.197. The molecule has 1 aromatic rings. The van der Waals surface area contributed by atoms with Gasteiger partial charge in [0.1, 0.15) is 5.75 Å². The van der Waals surface area contributed by atoms with E-state index in [1.165, 1.54) is 0 Å². The third kappa shape index (κ3) is 3.83. The second-order valence-electron chi connectivity index (χ2n) is 3.79. The van der Waals surface area contributed by atoms with Crippen LogP contribution in [0.4, 0.5) is 0 Å². The Bertz CT molecular complexity index is 307. The van der Waals surface area contributed by atoms with Gasteiger partial charge in [-0.2, -0.15) is 0 Å². The van der Waals surface area contributed by atoms with E-state index < -0.39 is 8.32 Å². The van der Waals surface area contributed by atoms with Crippen molar-refractivity contribution in [1.29, 1.82) is 0 Å². The molecule has 72 valence electrons. The summed E-state index contributed by atoms with van der Waals surface area (Å²) in [6.07, 6.45) is 0. The maximum absolute atomic E-state index is 5.86. The number of rotatable bonds is 2. The monoisotopic (exact) mass is 322 g/mol. The van der Waals surface area contributed by atoms with Gasteiger partial charge in [0.05, 0.1) is 4.47 Å². The molecule has 0 amide bonds. The van der Waals surface area contributed by atoms with Crippen molar-refractivity contribution in [1.82, 2.24) is 0 Å². The maximum Gasteiger partial charge on any atom is 0.242 e. The van der Waals surface area contributed by atoms with E-state index in [-0.39, 0.29) is 0 Å². The van der Waals surface area contributed by atoms with Gasteiger partial charge in [0.25, 0.3) is 0 Å². The minimum atomic E-state index is -1.49. The summed E-state index contributed by atoms with van der Waals surface area (Å²) in [6, 6.07) is 5.96. The van der Waals surface area contributed by atoms with Gasteiger partial charge in [-0.05, 0) is 53.8 Å². The van der Waals surface area contributed by atoms with Crippen LogP contribution in [0.15, 0.2) is 27.1 Å². The van der Waals surface area contributed by atoms with E-state index in [9.17, 15) is 0 Å². The highest BCUT2D eigenvalue weighted by Gasteiger charge is 2.17. The SMILES string of the molecule is C[Si](C)(C)Oc1ccc(Br)cc1Br. The number of hydrogen-bond donors (Lipinski definition) is 0. The molecule has 13 heavy (non-hydrogen) atoms. The normalized spacial score (nSPS) is 11.5. The number of hydrogen-bond acceptors (Lipinski definition) is 1. The van der Waals surface area contributed by atoms with Gasteiger partial charge in [-0.3, -0.25) is 0 Å². The van der Waals surface area contributed by atoms with Crippen molar-refractivity contribution in [3.8, 4) is 5.75 Å². The van der Waals surface area contributed by atoms with Gasteiger partial charge < -0.3 is 4.43 Å². The van der Waals surface area contributed by atoms with Crippen molar-refractivity contribution in [3.05, 3.63) is 27.1 Å². The molecule has 0 atom stereocenters. The van der Waals surface area contributed by atoms with Crippen molar-refractivity contribution in [3.63, 3.8) is 0 Å². The van der Waals surface area contributed by atoms with Crippen molar-refractivity contribution in [2.75, 3.05) is 0 Å². The van der Waals surface area contributed by atoms with Gasteiger partial charge in [0.15, 0.2) is 0 Å². The molecular weight excluding hydrogens is 312 g/mol. The van der Waals surface area contributed by atoms with Crippen LogP contribution in [0.5, 0.6) is 5.75 Å². The molecule has 0 saturated carbocycles. The quantitative estimate of drug-likeness (QED) is 0.732. The molecule has 4 heteroatoms. The molecule has 0 aliphatic heterocycles. The molecule has 0 unspecified atom stereocenters. The second kappa shape index (κ2) is 4.15. The van der Waals surface area contributed by atoms with Crippen LogP contribution in [0.1, 0.15) is 0 Å². The van der Waals surface area contributed by atoms with Gasteiger partial charge in [-0.1, -0.05) is 15.9 Å². The topological polar surface area (TPSA) is 9.23 Å². The molecule has 0 spiro atoms. The summed E-state index contributed by atoms with van der Waals surface area (Å²) >= 11 is 6.87. The summed E-state index contributed by atoms with van der Waals surface area (Å²) in [6.45, 7) is 6.50. The first-order valence-electron chi connectivity index (χ1n) is 4.02. The zero-order chi connectivity index (χ0) is 10.1. The predicted octanol–water partition coefficient (Wildman–Crippen LogP) is 4.43. The molecule has 0 N–H and O–H groups in total. The molecule has 0 radical (unpaired) electrons. The highest BCUT2D eigenvalue weighted by molar-refractivity contribution is 9.11. The molecular formula is C9H12Br2OSi. The third-order valence-electron chi connectivity index (χ3n) is 1.31. The Morgan fingerprint density at radius 2 is 1.77 bits per heavy atom. The zero-order valence-corrected chi connectivity index (χ0v) is 12.1. The Morgan fingerprint density at radius 3 is 2.23 bits per heavy atom. The molecule has 0 aliphatic carbocycles. The van der Waals surface area contributed by atoms with E-state index in [1.807, 2.05) is 18.2 Å². The Morgan fingerprint density at radius 1 is 1.15 bits per heavy atom. The Balaban J connectivity index is 2.90. The van der Waals surface area contributed by atoms with E-state index >= 15 is 0 Å². The van der Waals surface area contributed by atoms with Crippen molar-refractivity contribution < 1.29 is 4.43 Å². The zero-order valence-electron chi connectivity index (χ0n) is 7.90. The van der Waals surface area contributed by atoms with Crippen LogP contribution < -0.4 is 4.43 Å². The van der Waals surface area contributed by atoms with E-state index in [0.29, 0.717) is 0 Å². The molecule has 0 aliphatic rings. The summed E-state index contributed by atoms with van der Waals surface area (Å²) < 4.78 is 7.92. The van der Waals surface area contributed by atoms with Gasteiger partial charge in [0.2, 0.25) is 8.32 Å². The Labute approximate surface area is 96.9 Å². The fourth-order valence-corrected chi connectivity index (χ4v) is 3.00. The molecule has 1 aromatic carbocycles. The second-order valence-corrected chi connectivity index (χ2v) is 9.99. The average Bonchev–Trinajstić information content (AvgIpc) is 1.93. The fourth-order valence-electron chi connectivity index (χ4n) is 0.888. The molecule has 1 rings (SSSR count). The Kier molecular flexibility index (Phi) is 3.60. The summed E-state index contributed by atoms with van der Waals surface area (Å²) in [7, 11) is -1.49. The lowest BCUT2D eigenvalue weighted by Gasteiger charge is -2.20. The highest BCUT2D eigenvalue weighted by Crippen LogP contribution is 2.29. The third-order valence-corrected chi connectivity index (χ3v) is 3.26. The van der Waals surface area contributed by atoms with E-state index in [4.69, 9.17) is 4.43 Å². The lowest BCUT2D eigenvalue weighted by Crippen LogP contribution is -2.29. The van der Waals surface area contributed by atoms with Gasteiger partial charge in [0, 0.05) is 4.47 Å². The standard InChI is InChI=1S/C9H12Br2OSi/c1-13(2,3)12-9-5-4-7(10)6-8(9)11/h4-6H,1-3H3. The minimum absolute atomic E-state index is 0.933. The van der Waals surface area contributed by atoms with Crippen molar-refractivity contribution >= 4 is 40.2 Å². The molecule has 0 heterocycles. The first kappa shape index (κ1) is 11.3. The summed E-state index contributed by atoms with van der Waals surface area (Å²) in [5.41, 5.74) is 0. The molecule has 0 bridgehead atoms. The van der Waals surface area contributed by atoms with E-state index in [1.54, 1.807) is 0 Å². The number of benzene rings is 1. The summed E-state index contributed by atoms with van der Waals surface area (Å²) in [5.74, 6) is 0.933. The van der Waals surface area contributed by atoms with Crippen LogP contribution in [0, 0.1) is 0 Å². The average molecular weight is 324 g/mol. The molecule has 1 nitrogen and oxygen atoms in total. The first-order chi connectivity index (χ1) is 5.88. The van der Waals surface area contributed by atoms with Crippen molar-refractivity contribution in [2.45, 2.75) is 19.6 Å².